The molecule has 3 rings (SSSR count). The zero-order valence-corrected chi connectivity index (χ0v) is 17.6. The van der Waals surface area contributed by atoms with Crippen molar-refractivity contribution >= 4 is 22.0 Å². The predicted molar refractivity (Wildman–Crippen MR) is 111 cm³/mol. The molecule has 0 saturated carbocycles. The van der Waals surface area contributed by atoms with Gasteiger partial charge in [-0.15, -0.1) is 0 Å². The second-order valence-electron chi connectivity index (χ2n) is 7.69. The van der Waals surface area contributed by atoms with Crippen LogP contribution < -0.4 is 0 Å². The van der Waals surface area contributed by atoms with Crippen LogP contribution in [-0.2, 0) is 10.3 Å². The third kappa shape index (κ3) is 4.46. The van der Waals surface area contributed by atoms with Crippen molar-refractivity contribution in [2.45, 2.75) is 55.5 Å². The van der Waals surface area contributed by atoms with Gasteiger partial charge in [-0.05, 0) is 44.2 Å². The lowest BCUT2D eigenvalue weighted by Gasteiger charge is -2.44. The highest BCUT2D eigenvalue weighted by Crippen LogP contribution is 2.39. The van der Waals surface area contributed by atoms with E-state index in [9.17, 15) is 9.90 Å². The number of rotatable bonds is 6. The van der Waals surface area contributed by atoms with E-state index in [1.54, 1.807) is 0 Å². The van der Waals surface area contributed by atoms with Crippen molar-refractivity contribution in [3.8, 4) is 0 Å². The lowest BCUT2D eigenvalue weighted by Crippen LogP contribution is -2.51. The number of ether oxygens (including phenoxy) is 1. The zero-order valence-electron chi connectivity index (χ0n) is 16.0. The fraction of sp³-hybridized carbons (Fsp3) is 0.500. The molecule has 1 heterocycles. The topological polar surface area (TPSA) is 49.8 Å². The molecule has 1 amide bonds. The molecule has 0 radical (unpaired) electrons. The first-order chi connectivity index (χ1) is 12.9. The average Bonchev–Trinajstić information content (AvgIpc) is 2.66. The summed E-state index contributed by atoms with van der Waals surface area (Å²) in [7, 11) is 0. The summed E-state index contributed by atoms with van der Waals surface area (Å²) in [5, 5.41) is 9.31. The van der Waals surface area contributed by atoms with Gasteiger partial charge in [-0.25, -0.2) is 4.79 Å². The van der Waals surface area contributed by atoms with E-state index in [4.69, 9.17) is 4.74 Å². The summed E-state index contributed by atoms with van der Waals surface area (Å²) >= 11 is 3.68. The molecule has 1 N–H and O–H groups in total. The molecule has 1 unspecified atom stereocenters. The number of carbonyl (C=O) groups is 1. The molecule has 2 aliphatic rings. The molecule has 1 aromatic carbocycles. The zero-order chi connectivity index (χ0) is 19.5. The van der Waals surface area contributed by atoms with Crippen molar-refractivity contribution in [2.75, 3.05) is 13.2 Å². The molecule has 0 aromatic heterocycles. The van der Waals surface area contributed by atoms with Gasteiger partial charge in [0.05, 0.1) is 6.04 Å². The molecule has 146 valence electrons. The molecular weight excluding hydrogens is 406 g/mol. The van der Waals surface area contributed by atoms with Crippen LogP contribution in [0.2, 0.25) is 0 Å². The maximum atomic E-state index is 12.9. The third-order valence-corrected chi connectivity index (χ3v) is 6.21. The highest BCUT2D eigenvalue weighted by atomic mass is 79.9. The summed E-state index contributed by atoms with van der Waals surface area (Å²) in [6, 6.07) is 9.88. The van der Waals surface area contributed by atoms with Gasteiger partial charge in [0.2, 0.25) is 0 Å². The van der Waals surface area contributed by atoms with Crippen molar-refractivity contribution in [2.24, 2.45) is 0 Å². The number of aliphatic hydroxyl groups excluding tert-OH is 1. The number of nitrogens with zero attached hydrogens (tertiary/aromatic N) is 1. The summed E-state index contributed by atoms with van der Waals surface area (Å²) in [6.45, 7) is 4.91. The lowest BCUT2D eigenvalue weighted by molar-refractivity contribution is -0.0650. The van der Waals surface area contributed by atoms with Crippen LogP contribution in [0.25, 0.3) is 0 Å². The van der Waals surface area contributed by atoms with Gasteiger partial charge < -0.3 is 14.7 Å². The van der Waals surface area contributed by atoms with Crippen LogP contribution in [0.5, 0.6) is 0 Å². The molecule has 3 atom stereocenters. The van der Waals surface area contributed by atoms with E-state index >= 15 is 0 Å². The standard InChI is InChI=1S/C22H28BrNO3/c1-17(18-9-12-21(2,23)13-10-18)24-15-14-22(11-6-16-25,27-20(24)26)19-7-4-3-5-8-19/h3-5,7-10,12,17,25H,6,11,13-16H2,1-2H3/t17-,21?,22+/m0/s1. The number of carbonyl (C=O) groups excluding carboxylic acids is 1. The molecule has 0 spiro atoms. The number of amides is 1. The molecule has 1 fully saturated rings. The molecule has 27 heavy (non-hydrogen) atoms. The minimum Gasteiger partial charge on any atom is -0.438 e. The van der Waals surface area contributed by atoms with Crippen LogP contribution in [-0.4, -0.2) is 39.6 Å². The summed E-state index contributed by atoms with van der Waals surface area (Å²) in [4.78, 5) is 14.8. The monoisotopic (exact) mass is 433 g/mol. The van der Waals surface area contributed by atoms with Crippen LogP contribution in [0, 0.1) is 0 Å². The number of hydrogen-bond donors (Lipinski definition) is 1. The van der Waals surface area contributed by atoms with E-state index in [0.717, 1.165) is 24.0 Å². The Morgan fingerprint density at radius 2 is 2.07 bits per heavy atom. The third-order valence-electron chi connectivity index (χ3n) is 5.62. The van der Waals surface area contributed by atoms with E-state index in [1.807, 2.05) is 35.2 Å². The molecular formula is C22H28BrNO3. The number of cyclic esters (lactones) is 1. The van der Waals surface area contributed by atoms with E-state index in [2.05, 4.69) is 48.0 Å². The van der Waals surface area contributed by atoms with Gasteiger partial charge in [-0.1, -0.05) is 64.5 Å². The lowest BCUT2D eigenvalue weighted by atomic mass is 9.84. The summed E-state index contributed by atoms with van der Waals surface area (Å²) < 4.78 is 6.03. The fourth-order valence-electron chi connectivity index (χ4n) is 3.86. The number of hydrogen-bond acceptors (Lipinski definition) is 3. The van der Waals surface area contributed by atoms with Gasteiger partial charge in [0.15, 0.2) is 0 Å². The van der Waals surface area contributed by atoms with Gasteiger partial charge >= 0.3 is 6.09 Å². The summed E-state index contributed by atoms with van der Waals surface area (Å²) in [6.07, 6.45) is 9.01. The Kier molecular flexibility index (Phi) is 6.11. The molecule has 0 bridgehead atoms. The highest BCUT2D eigenvalue weighted by Gasteiger charge is 2.43. The van der Waals surface area contributed by atoms with Crippen molar-refractivity contribution in [3.05, 3.63) is 59.7 Å². The largest absolute Gasteiger partial charge is 0.438 e. The van der Waals surface area contributed by atoms with Gasteiger partial charge in [0.1, 0.15) is 5.60 Å². The second-order valence-corrected chi connectivity index (χ2v) is 9.51. The molecule has 4 nitrogen and oxygen atoms in total. The van der Waals surface area contributed by atoms with E-state index in [1.165, 1.54) is 0 Å². The maximum Gasteiger partial charge on any atom is 0.411 e. The Hall–Kier alpha value is -1.59. The molecule has 1 aliphatic heterocycles. The van der Waals surface area contributed by atoms with Gasteiger partial charge in [-0.2, -0.15) is 0 Å². The number of allylic oxidation sites excluding steroid dienone is 2. The van der Waals surface area contributed by atoms with E-state index in [-0.39, 0.29) is 23.1 Å². The first-order valence-electron chi connectivity index (χ1n) is 9.61. The minimum atomic E-state index is -0.650. The van der Waals surface area contributed by atoms with Crippen molar-refractivity contribution in [1.82, 2.24) is 4.90 Å². The number of benzene rings is 1. The number of halogens is 1. The van der Waals surface area contributed by atoms with E-state index in [0.29, 0.717) is 19.4 Å². The Labute approximate surface area is 170 Å². The van der Waals surface area contributed by atoms with Crippen molar-refractivity contribution < 1.29 is 14.6 Å². The van der Waals surface area contributed by atoms with Crippen molar-refractivity contribution in [3.63, 3.8) is 0 Å². The Morgan fingerprint density at radius 3 is 2.67 bits per heavy atom. The number of alkyl halides is 1. The fourth-order valence-corrected chi connectivity index (χ4v) is 4.16. The van der Waals surface area contributed by atoms with Crippen molar-refractivity contribution in [1.29, 1.82) is 0 Å². The Balaban J connectivity index is 1.76. The SMILES string of the molecule is C[C@@H](C1=CCC(C)(Br)C=C1)N1CC[C@](CCCO)(c2ccccc2)OC1=O. The normalized spacial score (nSPS) is 29.3. The second kappa shape index (κ2) is 8.19. The molecule has 1 saturated heterocycles. The summed E-state index contributed by atoms with van der Waals surface area (Å²) in [5.41, 5.74) is 1.50. The smallest absolute Gasteiger partial charge is 0.411 e. The first kappa shape index (κ1) is 20.2. The van der Waals surface area contributed by atoms with Crippen LogP contribution in [0.3, 0.4) is 0 Å². The first-order valence-corrected chi connectivity index (χ1v) is 10.4. The Morgan fingerprint density at radius 1 is 1.33 bits per heavy atom. The Bertz CT molecular complexity index is 728. The van der Waals surface area contributed by atoms with Gasteiger partial charge in [0, 0.05) is 23.9 Å². The number of aliphatic hydroxyl groups is 1. The maximum absolute atomic E-state index is 12.9. The molecule has 1 aromatic rings. The molecule has 1 aliphatic carbocycles. The van der Waals surface area contributed by atoms with Crippen LogP contribution >= 0.6 is 15.9 Å². The average molecular weight is 434 g/mol. The minimum absolute atomic E-state index is 0.00855. The van der Waals surface area contributed by atoms with E-state index < -0.39 is 5.60 Å². The van der Waals surface area contributed by atoms with Crippen LogP contribution in [0.15, 0.2) is 54.1 Å². The summed E-state index contributed by atoms with van der Waals surface area (Å²) in [5.74, 6) is 0. The highest BCUT2D eigenvalue weighted by molar-refractivity contribution is 9.10. The van der Waals surface area contributed by atoms with Crippen LogP contribution in [0.1, 0.15) is 45.1 Å². The van der Waals surface area contributed by atoms with Crippen LogP contribution in [0.4, 0.5) is 4.79 Å². The predicted octanol–water partition coefficient (Wildman–Crippen LogP) is 4.93. The van der Waals surface area contributed by atoms with Gasteiger partial charge in [-0.3, -0.25) is 0 Å². The van der Waals surface area contributed by atoms with Gasteiger partial charge in [0.25, 0.3) is 0 Å². The quantitative estimate of drug-likeness (QED) is 0.647. The molecule has 5 heteroatoms.